The Hall–Kier alpha value is -0.630. The fourth-order valence-electron chi connectivity index (χ4n) is 2.17. The van der Waals surface area contributed by atoms with Gasteiger partial charge in [-0.05, 0) is 41.1 Å². The monoisotopic (exact) mass is 421 g/mol. The zero-order valence-corrected chi connectivity index (χ0v) is 14.8. The molecule has 0 spiro atoms. The van der Waals surface area contributed by atoms with Crippen molar-refractivity contribution in [2.75, 3.05) is 26.3 Å². The number of benzene rings is 1. The van der Waals surface area contributed by atoms with Gasteiger partial charge in [0.1, 0.15) is 5.75 Å². The summed E-state index contributed by atoms with van der Waals surface area (Å²) in [7, 11) is 0. The van der Waals surface area contributed by atoms with Crippen molar-refractivity contribution in [1.29, 1.82) is 0 Å². The number of ether oxygens (including phenoxy) is 2. The zero-order chi connectivity index (χ0) is 15.4. The maximum absolute atomic E-state index is 12.2. The molecule has 0 aromatic heterocycles. The van der Waals surface area contributed by atoms with Gasteiger partial charge in [0, 0.05) is 17.6 Å². The SMILES string of the molecule is CC1CN(C(=O)COc2ccc(Br)cc2Br)CC(CO)O1. The molecule has 1 heterocycles. The van der Waals surface area contributed by atoms with Gasteiger partial charge in [0.2, 0.25) is 0 Å². The molecule has 1 aromatic rings. The molecule has 0 bridgehead atoms. The molecule has 1 aliphatic rings. The second-order valence-corrected chi connectivity index (χ2v) is 6.68. The topological polar surface area (TPSA) is 59.0 Å². The zero-order valence-electron chi connectivity index (χ0n) is 11.6. The number of morpholine rings is 1. The van der Waals surface area contributed by atoms with Crippen LogP contribution in [0.15, 0.2) is 27.1 Å². The van der Waals surface area contributed by atoms with Gasteiger partial charge in [-0.3, -0.25) is 4.79 Å². The van der Waals surface area contributed by atoms with Crippen LogP contribution in [0.4, 0.5) is 0 Å². The minimum atomic E-state index is -0.322. The number of halogens is 2. The highest BCUT2D eigenvalue weighted by Crippen LogP contribution is 2.28. The van der Waals surface area contributed by atoms with Gasteiger partial charge in [-0.2, -0.15) is 0 Å². The van der Waals surface area contributed by atoms with Crippen LogP contribution in [0, 0.1) is 0 Å². The first kappa shape index (κ1) is 16.7. The fraction of sp³-hybridized carbons (Fsp3) is 0.500. The highest BCUT2D eigenvalue weighted by molar-refractivity contribution is 9.11. The summed E-state index contributed by atoms with van der Waals surface area (Å²) in [5.74, 6) is 0.505. The molecule has 1 saturated heterocycles. The maximum atomic E-state index is 12.2. The van der Waals surface area contributed by atoms with Crippen molar-refractivity contribution < 1.29 is 19.4 Å². The molecular formula is C14H17Br2NO4. The van der Waals surface area contributed by atoms with E-state index in [2.05, 4.69) is 31.9 Å². The number of amides is 1. The van der Waals surface area contributed by atoms with E-state index in [0.717, 1.165) is 8.95 Å². The number of nitrogens with zero attached hydrogens (tertiary/aromatic N) is 1. The largest absolute Gasteiger partial charge is 0.483 e. The van der Waals surface area contributed by atoms with Gasteiger partial charge in [-0.25, -0.2) is 0 Å². The first-order valence-electron chi connectivity index (χ1n) is 6.61. The lowest BCUT2D eigenvalue weighted by Crippen LogP contribution is -2.51. The summed E-state index contributed by atoms with van der Waals surface area (Å²) in [4.78, 5) is 13.9. The Morgan fingerprint density at radius 2 is 2.24 bits per heavy atom. The highest BCUT2D eigenvalue weighted by Gasteiger charge is 2.28. The third kappa shape index (κ3) is 4.67. The van der Waals surface area contributed by atoms with Crippen molar-refractivity contribution in [3.63, 3.8) is 0 Å². The number of aliphatic hydroxyl groups is 1. The lowest BCUT2D eigenvalue weighted by atomic mass is 10.2. The van der Waals surface area contributed by atoms with Crippen molar-refractivity contribution in [3.05, 3.63) is 27.1 Å². The van der Waals surface area contributed by atoms with Crippen molar-refractivity contribution in [3.8, 4) is 5.75 Å². The van der Waals surface area contributed by atoms with Crippen LogP contribution in [0.25, 0.3) is 0 Å². The maximum Gasteiger partial charge on any atom is 0.260 e. The Morgan fingerprint density at radius 3 is 2.90 bits per heavy atom. The van der Waals surface area contributed by atoms with Gasteiger partial charge >= 0.3 is 0 Å². The molecule has 0 radical (unpaired) electrons. The number of carbonyl (C=O) groups is 1. The van der Waals surface area contributed by atoms with E-state index >= 15 is 0 Å². The third-order valence-electron chi connectivity index (χ3n) is 3.13. The van der Waals surface area contributed by atoms with Gasteiger partial charge in [0.05, 0.1) is 23.3 Å². The molecule has 1 fully saturated rings. The van der Waals surface area contributed by atoms with Crippen LogP contribution in [-0.4, -0.2) is 54.4 Å². The van der Waals surface area contributed by atoms with Gasteiger partial charge < -0.3 is 19.5 Å². The second kappa shape index (κ2) is 7.58. The number of rotatable bonds is 4. The lowest BCUT2D eigenvalue weighted by Gasteiger charge is -2.36. The molecule has 2 atom stereocenters. The molecule has 0 saturated carbocycles. The smallest absolute Gasteiger partial charge is 0.260 e. The molecule has 1 amide bonds. The Kier molecular flexibility index (Phi) is 6.04. The number of carbonyl (C=O) groups excluding carboxylic acids is 1. The summed E-state index contributed by atoms with van der Waals surface area (Å²) >= 11 is 6.75. The van der Waals surface area contributed by atoms with Gasteiger partial charge in [0.25, 0.3) is 5.91 Å². The molecule has 5 nitrogen and oxygen atoms in total. The van der Waals surface area contributed by atoms with E-state index in [1.54, 1.807) is 11.0 Å². The summed E-state index contributed by atoms with van der Waals surface area (Å²) in [5, 5.41) is 9.17. The van der Waals surface area contributed by atoms with E-state index in [0.29, 0.717) is 18.8 Å². The van der Waals surface area contributed by atoms with Gasteiger partial charge in [0.15, 0.2) is 6.61 Å². The minimum absolute atomic E-state index is 0.0366. The first-order valence-corrected chi connectivity index (χ1v) is 8.20. The van der Waals surface area contributed by atoms with Crippen LogP contribution < -0.4 is 4.74 Å². The van der Waals surface area contributed by atoms with Gasteiger partial charge in [-0.1, -0.05) is 15.9 Å². The van der Waals surface area contributed by atoms with E-state index in [1.165, 1.54) is 0 Å². The minimum Gasteiger partial charge on any atom is -0.483 e. The third-order valence-corrected chi connectivity index (χ3v) is 4.24. The summed E-state index contributed by atoms with van der Waals surface area (Å²) in [5.41, 5.74) is 0. The van der Waals surface area contributed by atoms with Gasteiger partial charge in [-0.15, -0.1) is 0 Å². The fourth-order valence-corrected chi connectivity index (χ4v) is 3.33. The van der Waals surface area contributed by atoms with Crippen LogP contribution in [0.2, 0.25) is 0 Å². The number of hydrogen-bond acceptors (Lipinski definition) is 4. The first-order chi connectivity index (χ1) is 9.99. The van der Waals surface area contributed by atoms with Crippen LogP contribution in [0.3, 0.4) is 0 Å². The van der Waals surface area contributed by atoms with Crippen LogP contribution in [0.5, 0.6) is 5.75 Å². The van der Waals surface area contributed by atoms with Crippen molar-refractivity contribution in [1.82, 2.24) is 4.90 Å². The molecule has 21 heavy (non-hydrogen) atoms. The average molecular weight is 423 g/mol. The Morgan fingerprint density at radius 1 is 1.48 bits per heavy atom. The highest BCUT2D eigenvalue weighted by atomic mass is 79.9. The van der Waals surface area contributed by atoms with Crippen molar-refractivity contribution in [2.24, 2.45) is 0 Å². The average Bonchev–Trinajstić information content (AvgIpc) is 2.45. The molecule has 0 aliphatic carbocycles. The Labute approximate surface area is 140 Å². The molecular weight excluding hydrogens is 406 g/mol. The molecule has 116 valence electrons. The summed E-state index contributed by atoms with van der Waals surface area (Å²) < 4.78 is 12.8. The van der Waals surface area contributed by atoms with Crippen LogP contribution in [0.1, 0.15) is 6.92 Å². The molecule has 2 unspecified atom stereocenters. The number of hydrogen-bond donors (Lipinski definition) is 1. The van der Waals surface area contributed by atoms with Crippen molar-refractivity contribution >= 4 is 37.8 Å². The van der Waals surface area contributed by atoms with Crippen LogP contribution in [-0.2, 0) is 9.53 Å². The molecule has 1 N–H and O–H groups in total. The van der Waals surface area contributed by atoms with E-state index < -0.39 is 0 Å². The summed E-state index contributed by atoms with van der Waals surface area (Å²) in [6.07, 6.45) is -0.406. The predicted molar refractivity (Wildman–Crippen MR) is 85.3 cm³/mol. The quantitative estimate of drug-likeness (QED) is 0.807. The predicted octanol–water partition coefficient (Wildman–Crippen LogP) is 2.20. The second-order valence-electron chi connectivity index (χ2n) is 4.91. The van der Waals surface area contributed by atoms with E-state index in [-0.39, 0.29) is 31.3 Å². The number of aliphatic hydroxyl groups excluding tert-OH is 1. The van der Waals surface area contributed by atoms with Crippen LogP contribution >= 0.6 is 31.9 Å². The molecule has 1 aliphatic heterocycles. The van der Waals surface area contributed by atoms with E-state index in [9.17, 15) is 9.90 Å². The lowest BCUT2D eigenvalue weighted by molar-refractivity contribution is -0.149. The Balaban J connectivity index is 1.92. The standard InChI is InChI=1S/C14H17Br2NO4/c1-9-5-17(6-11(7-18)21-9)14(19)8-20-13-3-2-10(15)4-12(13)16/h2-4,9,11,18H,5-8H2,1H3. The molecule has 1 aromatic carbocycles. The molecule has 2 rings (SSSR count). The normalized spacial score (nSPS) is 22.2. The molecule has 7 heteroatoms. The Bertz CT molecular complexity index is 512. The van der Waals surface area contributed by atoms with Crippen molar-refractivity contribution in [2.45, 2.75) is 19.1 Å². The van der Waals surface area contributed by atoms with E-state index in [1.807, 2.05) is 19.1 Å². The summed E-state index contributed by atoms with van der Waals surface area (Å²) in [6, 6.07) is 5.50. The van der Waals surface area contributed by atoms with E-state index in [4.69, 9.17) is 9.47 Å². The summed E-state index contributed by atoms with van der Waals surface area (Å²) in [6.45, 7) is 2.66.